The van der Waals surface area contributed by atoms with Crippen molar-refractivity contribution >= 4 is 13.3 Å². The molecule has 0 amide bonds. The van der Waals surface area contributed by atoms with Gasteiger partial charge in [-0.3, -0.25) is 0 Å². The molecular formula is C30H50Si. The number of rotatable bonds is 19. The molecule has 0 nitrogen and oxygen atoms in total. The van der Waals surface area contributed by atoms with Crippen molar-refractivity contribution in [2.75, 3.05) is 0 Å². The van der Waals surface area contributed by atoms with Crippen molar-refractivity contribution in [3.63, 3.8) is 0 Å². The van der Waals surface area contributed by atoms with Gasteiger partial charge in [0.25, 0.3) is 0 Å². The average molecular weight is 439 g/mol. The van der Waals surface area contributed by atoms with E-state index in [2.05, 4.69) is 74.7 Å². The molecule has 1 heteroatoms. The first-order chi connectivity index (χ1) is 15.2. The van der Waals surface area contributed by atoms with E-state index in [1.54, 1.807) is 0 Å². The van der Waals surface area contributed by atoms with Crippen LogP contribution in [0.4, 0.5) is 0 Å². The summed E-state index contributed by atoms with van der Waals surface area (Å²) in [4.78, 5) is 0. The standard InChI is InChI=1S/C30H50Si/c1-5-8-11-14-16-22-27-31(30-25-20-18-21-26-30,28-23-17-15-12-9-6-2)29(4)24-19-13-10-7-3/h18,20-23,25-28H,4-17,19,24H2,1-3H3/b27-22+,28-23+. The Hall–Kier alpha value is -1.34. The lowest BCUT2D eigenvalue weighted by Gasteiger charge is -2.29. The molecule has 174 valence electrons. The second kappa shape index (κ2) is 18.2. The second-order valence-electron chi connectivity index (χ2n) is 9.15. The van der Waals surface area contributed by atoms with Crippen molar-refractivity contribution in [3.8, 4) is 0 Å². The van der Waals surface area contributed by atoms with E-state index >= 15 is 0 Å². The van der Waals surface area contributed by atoms with Gasteiger partial charge in [-0.1, -0.05) is 138 Å². The third-order valence-corrected chi connectivity index (χ3v) is 10.6. The molecule has 0 aliphatic heterocycles. The van der Waals surface area contributed by atoms with Crippen molar-refractivity contribution in [1.82, 2.24) is 0 Å². The van der Waals surface area contributed by atoms with Gasteiger partial charge < -0.3 is 0 Å². The summed E-state index contributed by atoms with van der Waals surface area (Å²) in [5.74, 6) is 0. The van der Waals surface area contributed by atoms with Crippen molar-refractivity contribution in [2.45, 2.75) is 117 Å². The summed E-state index contributed by atoms with van der Waals surface area (Å²) in [6.07, 6.45) is 24.5. The van der Waals surface area contributed by atoms with Crippen LogP contribution in [-0.2, 0) is 0 Å². The van der Waals surface area contributed by atoms with Gasteiger partial charge in [-0.15, -0.1) is 6.58 Å². The third-order valence-electron chi connectivity index (χ3n) is 6.38. The first-order valence-electron chi connectivity index (χ1n) is 13.3. The molecule has 0 aromatic heterocycles. The van der Waals surface area contributed by atoms with Gasteiger partial charge in [0.1, 0.15) is 0 Å². The lowest BCUT2D eigenvalue weighted by Crippen LogP contribution is -2.47. The fourth-order valence-electron chi connectivity index (χ4n) is 4.29. The Labute approximate surface area is 196 Å². The fraction of sp³-hybridized carbons (Fsp3) is 0.600. The van der Waals surface area contributed by atoms with Gasteiger partial charge in [0.2, 0.25) is 0 Å². The Morgan fingerprint density at radius 3 is 1.65 bits per heavy atom. The zero-order valence-corrected chi connectivity index (χ0v) is 22.0. The van der Waals surface area contributed by atoms with Gasteiger partial charge in [-0.25, -0.2) is 0 Å². The van der Waals surface area contributed by atoms with E-state index in [0.29, 0.717) is 0 Å². The van der Waals surface area contributed by atoms with Crippen LogP contribution in [-0.4, -0.2) is 8.07 Å². The predicted octanol–water partition coefficient (Wildman–Crippen LogP) is 9.54. The van der Waals surface area contributed by atoms with Gasteiger partial charge in [0, 0.05) is 0 Å². The third kappa shape index (κ3) is 11.2. The maximum absolute atomic E-state index is 4.72. The largest absolute Gasteiger partial charge is 0.159 e. The number of allylic oxidation sites excluding steroid dienone is 3. The Morgan fingerprint density at radius 1 is 0.677 bits per heavy atom. The van der Waals surface area contributed by atoms with E-state index in [-0.39, 0.29) is 0 Å². The van der Waals surface area contributed by atoms with E-state index < -0.39 is 8.07 Å². The molecule has 0 spiro atoms. The van der Waals surface area contributed by atoms with Crippen LogP contribution in [0.25, 0.3) is 0 Å². The van der Waals surface area contributed by atoms with Crippen molar-refractivity contribution in [3.05, 3.63) is 65.7 Å². The summed E-state index contributed by atoms with van der Waals surface area (Å²) < 4.78 is 0. The Balaban J connectivity index is 3.05. The maximum Gasteiger partial charge on any atom is 0.159 e. The normalized spacial score (nSPS) is 12.2. The lowest BCUT2D eigenvalue weighted by atomic mass is 10.1. The van der Waals surface area contributed by atoms with Gasteiger partial charge in [-0.05, 0) is 43.7 Å². The molecule has 0 atom stereocenters. The zero-order valence-electron chi connectivity index (χ0n) is 21.0. The van der Waals surface area contributed by atoms with Crippen LogP contribution >= 0.6 is 0 Å². The first-order valence-corrected chi connectivity index (χ1v) is 15.5. The Kier molecular flexibility index (Phi) is 16.3. The zero-order chi connectivity index (χ0) is 22.6. The molecule has 0 aliphatic carbocycles. The van der Waals surface area contributed by atoms with Crippen molar-refractivity contribution in [2.24, 2.45) is 0 Å². The predicted molar refractivity (Wildman–Crippen MR) is 146 cm³/mol. The van der Waals surface area contributed by atoms with Crippen LogP contribution in [0.5, 0.6) is 0 Å². The molecule has 0 aliphatic rings. The summed E-state index contributed by atoms with van der Waals surface area (Å²) in [6.45, 7) is 11.6. The van der Waals surface area contributed by atoms with Crippen LogP contribution in [0, 0.1) is 0 Å². The summed E-state index contributed by atoms with van der Waals surface area (Å²) >= 11 is 0. The SMILES string of the molecule is C=C(CCCCCC)[Si](/C=C/CCCCCC)(/C=C/CCCCCC)c1ccccc1. The summed E-state index contributed by atoms with van der Waals surface area (Å²) in [5, 5.41) is 2.99. The number of benzene rings is 1. The van der Waals surface area contributed by atoms with E-state index in [1.807, 2.05) is 0 Å². The summed E-state index contributed by atoms with van der Waals surface area (Å²) in [5.41, 5.74) is 5.22. The fourth-order valence-corrected chi connectivity index (χ4v) is 8.08. The van der Waals surface area contributed by atoms with Crippen molar-refractivity contribution < 1.29 is 0 Å². The minimum atomic E-state index is -2.03. The number of hydrogen-bond donors (Lipinski definition) is 0. The van der Waals surface area contributed by atoms with Gasteiger partial charge in [-0.2, -0.15) is 0 Å². The molecule has 0 heterocycles. The number of unbranched alkanes of at least 4 members (excludes halogenated alkanes) is 11. The monoisotopic (exact) mass is 438 g/mol. The molecule has 1 rings (SSSR count). The molecule has 0 saturated heterocycles. The van der Waals surface area contributed by atoms with E-state index in [4.69, 9.17) is 6.58 Å². The summed E-state index contributed by atoms with van der Waals surface area (Å²) in [6, 6.07) is 11.3. The highest BCUT2D eigenvalue weighted by atomic mass is 28.3. The first kappa shape index (κ1) is 27.7. The number of hydrogen-bond acceptors (Lipinski definition) is 0. The lowest BCUT2D eigenvalue weighted by molar-refractivity contribution is 0.670. The van der Waals surface area contributed by atoms with Gasteiger partial charge in [0.15, 0.2) is 8.07 Å². The highest BCUT2D eigenvalue weighted by molar-refractivity contribution is 7.05. The Bertz CT molecular complexity index is 589. The van der Waals surface area contributed by atoms with Gasteiger partial charge >= 0.3 is 0 Å². The molecule has 31 heavy (non-hydrogen) atoms. The van der Waals surface area contributed by atoms with E-state index in [1.165, 1.54) is 107 Å². The quantitative estimate of drug-likeness (QED) is 0.149. The van der Waals surface area contributed by atoms with Crippen LogP contribution in [0.1, 0.15) is 117 Å². The second-order valence-corrected chi connectivity index (χ2v) is 12.8. The average Bonchev–Trinajstić information content (AvgIpc) is 2.80. The highest BCUT2D eigenvalue weighted by Gasteiger charge is 2.32. The molecular weight excluding hydrogens is 388 g/mol. The molecule has 0 fully saturated rings. The molecule has 0 bridgehead atoms. The topological polar surface area (TPSA) is 0 Å². The minimum Gasteiger partial charge on any atom is -0.103 e. The minimum absolute atomic E-state index is 1.17. The smallest absolute Gasteiger partial charge is 0.103 e. The summed E-state index contributed by atoms with van der Waals surface area (Å²) in [7, 11) is -2.03. The van der Waals surface area contributed by atoms with E-state index in [9.17, 15) is 0 Å². The highest BCUT2D eigenvalue weighted by Crippen LogP contribution is 2.24. The Morgan fingerprint density at radius 2 is 1.16 bits per heavy atom. The molecule has 1 aromatic rings. The molecule has 0 saturated carbocycles. The van der Waals surface area contributed by atoms with Gasteiger partial charge in [0.05, 0.1) is 0 Å². The molecule has 0 unspecified atom stereocenters. The van der Waals surface area contributed by atoms with Crippen LogP contribution < -0.4 is 5.19 Å². The molecule has 1 aromatic carbocycles. The van der Waals surface area contributed by atoms with Crippen molar-refractivity contribution in [1.29, 1.82) is 0 Å². The molecule has 0 N–H and O–H groups in total. The van der Waals surface area contributed by atoms with Crippen LogP contribution in [0.2, 0.25) is 0 Å². The van der Waals surface area contributed by atoms with Crippen LogP contribution in [0.15, 0.2) is 65.7 Å². The maximum atomic E-state index is 4.72. The van der Waals surface area contributed by atoms with Crippen LogP contribution in [0.3, 0.4) is 0 Å². The molecule has 0 radical (unpaired) electrons. The van der Waals surface area contributed by atoms with E-state index in [0.717, 1.165) is 0 Å².